The van der Waals surface area contributed by atoms with Gasteiger partial charge in [0.05, 0.1) is 17.6 Å². The lowest BCUT2D eigenvalue weighted by atomic mass is 9.43. The van der Waals surface area contributed by atoms with E-state index in [4.69, 9.17) is 14.7 Å². The Kier molecular flexibility index (Phi) is 9.45. The van der Waals surface area contributed by atoms with Crippen molar-refractivity contribution < 1.29 is 23.9 Å². The van der Waals surface area contributed by atoms with Crippen LogP contribution in [0.2, 0.25) is 0 Å². The molecule has 4 fully saturated rings. The van der Waals surface area contributed by atoms with Crippen LogP contribution in [0.1, 0.15) is 73.1 Å². The van der Waals surface area contributed by atoms with Gasteiger partial charge in [-0.3, -0.25) is 15.0 Å². The summed E-state index contributed by atoms with van der Waals surface area (Å²) in [4.78, 5) is 36.2. The number of hydrogen-bond acceptors (Lipinski definition) is 7. The van der Waals surface area contributed by atoms with E-state index >= 15 is 0 Å². The average molecular weight is 534 g/mol. The van der Waals surface area contributed by atoms with E-state index in [2.05, 4.69) is 57.1 Å². The van der Waals surface area contributed by atoms with Crippen molar-refractivity contribution in [3.05, 3.63) is 22.8 Å². The van der Waals surface area contributed by atoms with Crippen molar-refractivity contribution in [2.24, 2.45) is 23.2 Å². The number of guanidine groups is 1. The highest BCUT2D eigenvalue weighted by molar-refractivity contribution is 6.48. The maximum atomic E-state index is 13.4. The first kappa shape index (κ1) is 29.9. The van der Waals surface area contributed by atoms with Crippen molar-refractivity contribution >= 4 is 24.9 Å². The Balaban J connectivity index is 1.65. The Hall–Kier alpha value is -2.67. The quantitative estimate of drug-likeness (QED) is 0.0454. The highest BCUT2D eigenvalue weighted by Gasteiger charge is 2.68. The minimum Gasteiger partial charge on any atom is -0.404 e. The van der Waals surface area contributed by atoms with Gasteiger partial charge in [0.1, 0.15) is 6.04 Å². The second-order valence-corrected chi connectivity index (χ2v) is 12.0. The van der Waals surface area contributed by atoms with Crippen molar-refractivity contribution in [2.45, 2.75) is 96.8 Å². The smallest absolute Gasteiger partial charge is 0.404 e. The Morgan fingerprint density at radius 2 is 1.97 bits per heavy atom. The molecule has 0 aromatic rings. The fourth-order valence-electron chi connectivity index (χ4n) is 6.40. The fraction of sp³-hybridized carbons (Fsp3) is 0.800. The van der Waals surface area contributed by atoms with E-state index in [0.717, 1.165) is 12.8 Å². The molecule has 4 aliphatic rings. The number of hydrogen-bond donors (Lipinski definition) is 5. The van der Waals surface area contributed by atoms with Crippen LogP contribution in [0.25, 0.3) is 0 Å². The third kappa shape index (κ3) is 6.66. The number of carbonyl (C=O) groups excluding carboxylic acids is 2. The van der Waals surface area contributed by atoms with Crippen LogP contribution in [-0.2, 0) is 18.9 Å². The summed E-state index contributed by atoms with van der Waals surface area (Å²) in [5.74, 6) is -0.220. The number of rotatable bonds is 13. The summed E-state index contributed by atoms with van der Waals surface area (Å²) < 4.78 is 13.1. The summed E-state index contributed by atoms with van der Waals surface area (Å²) in [5.41, 5.74) is 1.53. The second-order valence-electron chi connectivity index (χ2n) is 12.0. The monoisotopic (exact) mass is 534 g/mol. The van der Waals surface area contributed by atoms with Gasteiger partial charge in [-0.15, -0.1) is 6.58 Å². The molecule has 4 rings (SSSR count). The van der Waals surface area contributed by atoms with Gasteiger partial charge in [0.15, 0.2) is 5.03 Å². The molecule has 0 radical (unpaired) electrons. The molecular weight excluding hydrogens is 491 g/mol. The molecule has 13 heteroatoms. The standard InChI is InChI=1S/C25H43BN6O6/c1-7-9-21(33)29-17(10-8-11-28-23(27)31-32(35)36)22(34)30-20(12-15(2)3)26-37-19-14-16-13-18(24(16,4)5)25(19,6)38-26/h7,15-20H,1,8-14H2,2-6H3,(H,29,33)(H,30,34)(H3,27,28,31)/t16-,17-,18-,19+,20-,25-/m0/s1. The molecule has 5 N–H and O–H groups in total. The Morgan fingerprint density at radius 1 is 1.26 bits per heavy atom. The molecule has 212 valence electrons. The van der Waals surface area contributed by atoms with Gasteiger partial charge >= 0.3 is 7.12 Å². The van der Waals surface area contributed by atoms with Crippen LogP contribution < -0.4 is 21.4 Å². The van der Waals surface area contributed by atoms with Crippen molar-refractivity contribution in [1.82, 2.24) is 21.4 Å². The first-order valence-corrected chi connectivity index (χ1v) is 13.5. The van der Waals surface area contributed by atoms with E-state index in [1.807, 2.05) is 0 Å². The normalized spacial score (nSPS) is 28.4. The molecule has 0 aromatic carbocycles. The molecule has 2 amide bonds. The summed E-state index contributed by atoms with van der Waals surface area (Å²) in [7, 11) is -0.577. The predicted octanol–water partition coefficient (Wildman–Crippen LogP) is 1.93. The number of nitrogens with one attached hydrogen (secondary N) is 5. The van der Waals surface area contributed by atoms with Crippen LogP contribution in [0.4, 0.5) is 0 Å². The molecule has 1 heterocycles. The lowest BCUT2D eigenvalue weighted by Crippen LogP contribution is -2.65. The molecule has 0 unspecified atom stereocenters. The maximum absolute atomic E-state index is 13.4. The molecule has 3 saturated carbocycles. The maximum Gasteiger partial charge on any atom is 0.481 e. The van der Waals surface area contributed by atoms with Crippen molar-refractivity contribution in [2.75, 3.05) is 6.54 Å². The van der Waals surface area contributed by atoms with Gasteiger partial charge in [0.2, 0.25) is 11.8 Å². The lowest BCUT2D eigenvalue weighted by Gasteiger charge is -2.64. The third-order valence-electron chi connectivity index (χ3n) is 8.51. The Bertz CT molecular complexity index is 932. The SMILES string of the molecule is C=CCC(=O)N[C@@H](CCCNC(=N)N[N+](=O)[O-])C(=O)N[C@@H](CC(C)C)B1O[C@@H]2C[C@@H]3C[C@@H](C3(C)C)[C@]2(C)O1. The number of hydrazine groups is 1. The van der Waals surface area contributed by atoms with Gasteiger partial charge in [0.25, 0.3) is 5.96 Å². The van der Waals surface area contributed by atoms with Crippen LogP contribution in [-0.4, -0.2) is 60.2 Å². The summed E-state index contributed by atoms with van der Waals surface area (Å²) >= 11 is 0. The third-order valence-corrected chi connectivity index (χ3v) is 8.51. The molecule has 38 heavy (non-hydrogen) atoms. The van der Waals surface area contributed by atoms with Crippen molar-refractivity contribution in [1.29, 1.82) is 5.41 Å². The fourth-order valence-corrected chi connectivity index (χ4v) is 6.40. The zero-order chi connectivity index (χ0) is 28.3. The van der Waals surface area contributed by atoms with Gasteiger partial charge in [-0.1, -0.05) is 39.2 Å². The largest absolute Gasteiger partial charge is 0.481 e. The van der Waals surface area contributed by atoms with Crippen LogP contribution >= 0.6 is 0 Å². The van der Waals surface area contributed by atoms with Crippen LogP contribution in [0.5, 0.6) is 0 Å². The van der Waals surface area contributed by atoms with Gasteiger partial charge in [-0.2, -0.15) is 0 Å². The predicted molar refractivity (Wildman–Crippen MR) is 143 cm³/mol. The first-order valence-electron chi connectivity index (χ1n) is 13.5. The highest BCUT2D eigenvalue weighted by Crippen LogP contribution is 2.65. The van der Waals surface area contributed by atoms with E-state index in [0.29, 0.717) is 24.7 Å². The van der Waals surface area contributed by atoms with Crippen molar-refractivity contribution in [3.63, 3.8) is 0 Å². The summed E-state index contributed by atoms with van der Waals surface area (Å²) in [5, 5.41) is 25.5. The molecule has 2 bridgehead atoms. The molecule has 6 atom stereocenters. The topological polar surface area (TPSA) is 168 Å². The second kappa shape index (κ2) is 12.0. The van der Waals surface area contributed by atoms with Crippen LogP contribution in [0.3, 0.4) is 0 Å². The highest BCUT2D eigenvalue weighted by atomic mass is 16.7. The molecule has 0 aromatic heterocycles. The summed E-state index contributed by atoms with van der Waals surface area (Å²) in [6.45, 7) is 14.7. The van der Waals surface area contributed by atoms with Gasteiger partial charge in [-0.05, 0) is 62.2 Å². The number of amides is 2. The van der Waals surface area contributed by atoms with E-state index in [1.165, 1.54) is 6.08 Å². The zero-order valence-corrected chi connectivity index (χ0v) is 23.2. The van der Waals surface area contributed by atoms with E-state index in [-0.39, 0.29) is 54.6 Å². The number of nitro groups is 1. The zero-order valence-electron chi connectivity index (χ0n) is 23.2. The molecule has 0 spiro atoms. The first-order chi connectivity index (χ1) is 17.8. The number of nitrogens with zero attached hydrogens (tertiary/aromatic N) is 1. The van der Waals surface area contributed by atoms with E-state index in [9.17, 15) is 19.7 Å². The number of carbonyl (C=O) groups is 2. The lowest BCUT2D eigenvalue weighted by molar-refractivity contribution is -0.525. The molecular formula is C25H43BN6O6. The molecule has 1 saturated heterocycles. The van der Waals surface area contributed by atoms with Gasteiger partial charge < -0.3 is 25.3 Å². The van der Waals surface area contributed by atoms with Gasteiger partial charge in [0, 0.05) is 13.0 Å². The summed E-state index contributed by atoms with van der Waals surface area (Å²) in [6, 6.07) is -0.831. The van der Waals surface area contributed by atoms with E-state index in [1.54, 1.807) is 5.43 Å². The minimum absolute atomic E-state index is 0.00639. The Morgan fingerprint density at radius 3 is 2.58 bits per heavy atom. The Labute approximate surface area is 225 Å². The van der Waals surface area contributed by atoms with Crippen LogP contribution in [0, 0.1) is 38.7 Å². The van der Waals surface area contributed by atoms with Crippen LogP contribution in [0.15, 0.2) is 12.7 Å². The minimum atomic E-state index is -0.831. The van der Waals surface area contributed by atoms with Crippen molar-refractivity contribution in [3.8, 4) is 0 Å². The van der Waals surface area contributed by atoms with E-state index < -0.39 is 29.8 Å². The molecule has 12 nitrogen and oxygen atoms in total. The molecule has 1 aliphatic heterocycles. The van der Waals surface area contributed by atoms with Gasteiger partial charge in [-0.25, -0.2) is 10.1 Å². The molecule has 3 aliphatic carbocycles. The average Bonchev–Trinajstić information content (AvgIpc) is 3.17. The summed E-state index contributed by atoms with van der Waals surface area (Å²) in [6.07, 6.45) is 4.92.